The van der Waals surface area contributed by atoms with Crippen LogP contribution in [0.2, 0.25) is 0 Å². The summed E-state index contributed by atoms with van der Waals surface area (Å²) in [5.74, 6) is 1.71. The van der Waals surface area contributed by atoms with Crippen LogP contribution in [0.15, 0.2) is 61.1 Å². The molecule has 0 unspecified atom stereocenters. The first-order chi connectivity index (χ1) is 15.2. The topological polar surface area (TPSA) is 41.9 Å². The van der Waals surface area contributed by atoms with Gasteiger partial charge in [0, 0.05) is 43.5 Å². The van der Waals surface area contributed by atoms with Crippen LogP contribution in [-0.2, 0) is 11.8 Å². The molecular weight excluding hydrogens is 380 g/mol. The van der Waals surface area contributed by atoms with Crippen LogP contribution in [0.25, 0.3) is 0 Å². The molecule has 1 aliphatic carbocycles. The van der Waals surface area contributed by atoms with Crippen molar-refractivity contribution in [1.29, 1.82) is 0 Å². The number of rotatable bonds is 5. The van der Waals surface area contributed by atoms with Crippen molar-refractivity contribution in [2.24, 2.45) is 5.92 Å². The number of hydrogen-bond acceptors (Lipinski definition) is 4. The maximum absolute atomic E-state index is 5.34. The second kappa shape index (κ2) is 8.78. The number of nitrogens with zero attached hydrogens (tertiary/aromatic N) is 4. The van der Waals surface area contributed by atoms with Crippen molar-refractivity contribution in [2.45, 2.75) is 57.3 Å². The summed E-state index contributed by atoms with van der Waals surface area (Å²) in [5.41, 5.74) is 5.08. The molecule has 4 heteroatoms. The monoisotopic (exact) mass is 412 g/mol. The van der Waals surface area contributed by atoms with Crippen molar-refractivity contribution in [3.05, 3.63) is 83.4 Å². The largest absolute Gasteiger partial charge is 0.341 e. The normalized spacial score (nSPS) is 18.9. The summed E-state index contributed by atoms with van der Waals surface area (Å²) in [6.45, 7) is 4.46. The van der Waals surface area contributed by atoms with E-state index >= 15 is 0 Å². The average Bonchev–Trinajstić information content (AvgIpc) is 3.32. The molecule has 0 N–H and O–H groups in total. The first-order valence-corrected chi connectivity index (χ1v) is 11.8. The van der Waals surface area contributed by atoms with Gasteiger partial charge in [0.25, 0.3) is 0 Å². The fourth-order valence-corrected chi connectivity index (χ4v) is 5.42. The van der Waals surface area contributed by atoms with Gasteiger partial charge in [0.2, 0.25) is 5.95 Å². The lowest BCUT2D eigenvalue weighted by Crippen LogP contribution is -2.35. The Morgan fingerprint density at radius 2 is 1.74 bits per heavy atom. The zero-order valence-corrected chi connectivity index (χ0v) is 18.5. The molecule has 1 aliphatic heterocycles. The van der Waals surface area contributed by atoms with E-state index in [1.54, 1.807) is 0 Å². The van der Waals surface area contributed by atoms with E-state index in [-0.39, 0.29) is 5.41 Å². The maximum atomic E-state index is 5.34. The summed E-state index contributed by atoms with van der Waals surface area (Å²) in [4.78, 5) is 16.9. The predicted octanol–water partition coefficient (Wildman–Crippen LogP) is 5.56. The van der Waals surface area contributed by atoms with Gasteiger partial charge in [0.15, 0.2) is 0 Å². The van der Waals surface area contributed by atoms with Crippen molar-refractivity contribution in [3.8, 4) is 0 Å². The molecule has 2 aromatic heterocycles. The maximum Gasteiger partial charge on any atom is 0.225 e. The molecule has 160 valence electrons. The molecule has 1 saturated carbocycles. The number of hydrogen-bond donors (Lipinski definition) is 0. The molecule has 0 amide bonds. The molecule has 0 bridgehead atoms. The van der Waals surface area contributed by atoms with Crippen LogP contribution < -0.4 is 4.90 Å². The van der Waals surface area contributed by atoms with Gasteiger partial charge in [-0.2, -0.15) is 0 Å². The van der Waals surface area contributed by atoms with E-state index in [0.29, 0.717) is 0 Å². The minimum Gasteiger partial charge on any atom is -0.341 e. The zero-order valence-electron chi connectivity index (χ0n) is 18.5. The summed E-state index contributed by atoms with van der Waals surface area (Å²) in [6.07, 6.45) is 14.0. The zero-order chi connectivity index (χ0) is 21.1. The quantitative estimate of drug-likeness (QED) is 0.550. The van der Waals surface area contributed by atoms with Gasteiger partial charge in [-0.25, -0.2) is 9.97 Å². The van der Waals surface area contributed by atoms with E-state index < -0.39 is 0 Å². The Kier molecular flexibility index (Phi) is 5.71. The van der Waals surface area contributed by atoms with Gasteiger partial charge >= 0.3 is 0 Å². The highest BCUT2D eigenvalue weighted by Crippen LogP contribution is 2.47. The van der Waals surface area contributed by atoms with E-state index in [1.807, 2.05) is 18.5 Å². The van der Waals surface area contributed by atoms with Crippen LogP contribution in [-0.4, -0.2) is 28.0 Å². The predicted molar refractivity (Wildman–Crippen MR) is 125 cm³/mol. The van der Waals surface area contributed by atoms with Crippen LogP contribution in [0.1, 0.15) is 67.8 Å². The molecule has 3 heterocycles. The third-order valence-electron chi connectivity index (χ3n) is 7.27. The Balaban J connectivity index is 1.60. The van der Waals surface area contributed by atoms with Crippen LogP contribution in [0.4, 0.5) is 5.95 Å². The molecule has 2 aliphatic rings. The number of piperidine rings is 1. The van der Waals surface area contributed by atoms with Crippen molar-refractivity contribution in [3.63, 3.8) is 0 Å². The lowest BCUT2D eigenvalue weighted by atomic mass is 9.74. The molecule has 5 rings (SSSR count). The number of anilines is 1. The summed E-state index contributed by atoms with van der Waals surface area (Å²) in [7, 11) is 0. The number of aromatic nitrogens is 3. The molecule has 0 radical (unpaired) electrons. The molecule has 1 saturated heterocycles. The van der Waals surface area contributed by atoms with E-state index in [0.717, 1.165) is 44.2 Å². The van der Waals surface area contributed by atoms with Gasteiger partial charge < -0.3 is 4.90 Å². The first kappa shape index (κ1) is 20.2. The highest BCUT2D eigenvalue weighted by atomic mass is 15.3. The molecule has 4 nitrogen and oxygen atoms in total. The van der Waals surface area contributed by atoms with E-state index in [4.69, 9.17) is 9.97 Å². The van der Waals surface area contributed by atoms with Crippen LogP contribution >= 0.6 is 0 Å². The van der Waals surface area contributed by atoms with Gasteiger partial charge in [-0.05, 0) is 54.4 Å². The second-order valence-corrected chi connectivity index (χ2v) is 9.41. The van der Waals surface area contributed by atoms with E-state index in [1.165, 1.54) is 48.1 Å². The Hall–Kier alpha value is -2.75. The summed E-state index contributed by atoms with van der Waals surface area (Å²) < 4.78 is 0. The van der Waals surface area contributed by atoms with Gasteiger partial charge in [-0.1, -0.05) is 56.2 Å². The third-order valence-corrected chi connectivity index (χ3v) is 7.27. The summed E-state index contributed by atoms with van der Waals surface area (Å²) in [5, 5.41) is 0. The van der Waals surface area contributed by atoms with E-state index in [9.17, 15) is 0 Å². The Bertz CT molecular complexity index is 988. The van der Waals surface area contributed by atoms with Crippen molar-refractivity contribution in [2.75, 3.05) is 18.0 Å². The van der Waals surface area contributed by atoms with Gasteiger partial charge in [0.05, 0.1) is 5.69 Å². The fraction of sp³-hybridized carbons (Fsp3) is 0.444. The minimum absolute atomic E-state index is 0.0143. The molecule has 1 aromatic carbocycles. The number of pyridine rings is 1. The van der Waals surface area contributed by atoms with Crippen molar-refractivity contribution in [1.82, 2.24) is 15.0 Å². The minimum atomic E-state index is -0.0143. The van der Waals surface area contributed by atoms with Gasteiger partial charge in [-0.15, -0.1) is 0 Å². The van der Waals surface area contributed by atoms with Gasteiger partial charge in [-0.3, -0.25) is 4.98 Å². The fourth-order valence-electron chi connectivity index (χ4n) is 5.42. The van der Waals surface area contributed by atoms with Crippen LogP contribution in [0.5, 0.6) is 0 Å². The van der Waals surface area contributed by atoms with Crippen molar-refractivity contribution >= 4 is 5.95 Å². The standard InChI is InChI=1S/C27H32N4/c1-21-11-16-31(17-12-21)26-29-20-23(18-22-8-7-15-28-19-22)25(30-26)27(13-5-6-14-27)24-9-3-2-4-10-24/h2-4,7-10,15,19-21H,5-6,11-14,16-18H2,1H3. The van der Waals surface area contributed by atoms with Gasteiger partial charge in [0.1, 0.15) is 0 Å². The van der Waals surface area contributed by atoms with Crippen LogP contribution in [0, 0.1) is 5.92 Å². The summed E-state index contributed by atoms with van der Waals surface area (Å²) in [6, 6.07) is 15.2. The Morgan fingerprint density at radius 1 is 0.968 bits per heavy atom. The average molecular weight is 413 g/mol. The van der Waals surface area contributed by atoms with E-state index in [2.05, 4.69) is 59.4 Å². The lowest BCUT2D eigenvalue weighted by molar-refractivity contribution is 0.432. The Morgan fingerprint density at radius 3 is 2.45 bits per heavy atom. The number of benzene rings is 1. The molecule has 2 fully saturated rings. The first-order valence-electron chi connectivity index (χ1n) is 11.8. The lowest BCUT2D eigenvalue weighted by Gasteiger charge is -2.34. The summed E-state index contributed by atoms with van der Waals surface area (Å²) >= 11 is 0. The molecule has 0 atom stereocenters. The Labute approximate surface area is 185 Å². The van der Waals surface area contributed by atoms with Crippen molar-refractivity contribution < 1.29 is 0 Å². The smallest absolute Gasteiger partial charge is 0.225 e. The van der Waals surface area contributed by atoms with Crippen LogP contribution in [0.3, 0.4) is 0 Å². The molecule has 3 aromatic rings. The third kappa shape index (κ3) is 4.08. The highest BCUT2D eigenvalue weighted by Gasteiger charge is 2.40. The highest BCUT2D eigenvalue weighted by molar-refractivity contribution is 5.45. The second-order valence-electron chi connectivity index (χ2n) is 9.41. The SMILES string of the molecule is CC1CCN(c2ncc(Cc3cccnc3)c(C3(c4ccccc4)CCCC3)n2)CC1. The molecule has 31 heavy (non-hydrogen) atoms. The molecule has 0 spiro atoms. The molecular formula is C27H32N4.